The van der Waals surface area contributed by atoms with Crippen molar-refractivity contribution in [3.05, 3.63) is 35.0 Å². The number of aromatic nitrogens is 1. The van der Waals surface area contributed by atoms with E-state index in [-0.39, 0.29) is 12.0 Å². The number of ether oxygens (including phenoxy) is 1. The minimum atomic E-state index is -0.0598. The molecule has 0 radical (unpaired) electrons. The highest BCUT2D eigenvalue weighted by Gasteiger charge is 2.33. The number of hydrogen-bond acceptors (Lipinski definition) is 3. The van der Waals surface area contributed by atoms with Crippen molar-refractivity contribution < 1.29 is 9.53 Å². The summed E-state index contributed by atoms with van der Waals surface area (Å²) < 4.78 is 5.80. The smallest absolute Gasteiger partial charge is 0.267 e. The number of H-pyrrole nitrogens is 1. The number of hydrogen-bond donors (Lipinski definition) is 2. The molecule has 24 heavy (non-hydrogen) atoms. The second-order valence-corrected chi connectivity index (χ2v) is 7.08. The number of rotatable bonds is 4. The van der Waals surface area contributed by atoms with Gasteiger partial charge in [0, 0.05) is 36.6 Å². The maximum Gasteiger partial charge on any atom is 0.267 e. The van der Waals surface area contributed by atoms with Crippen molar-refractivity contribution in [2.24, 2.45) is 0 Å². The van der Waals surface area contributed by atoms with Crippen LogP contribution in [0.2, 0.25) is 0 Å². The molecule has 1 atom stereocenters. The SMILES string of the molecule is Cc1ccc2[nH]c(C(=O)NCC3CN(C4CC4)CCO3)cc2c1C. The lowest BCUT2D eigenvalue weighted by Gasteiger charge is -2.33. The van der Waals surface area contributed by atoms with Gasteiger partial charge in [-0.2, -0.15) is 0 Å². The molecule has 0 bridgehead atoms. The molecule has 2 aromatic rings. The van der Waals surface area contributed by atoms with Crippen LogP contribution in [0.15, 0.2) is 18.2 Å². The average Bonchev–Trinajstić information content (AvgIpc) is 3.35. The molecule has 5 heteroatoms. The van der Waals surface area contributed by atoms with Gasteiger partial charge >= 0.3 is 0 Å². The Morgan fingerprint density at radius 2 is 2.21 bits per heavy atom. The molecule has 5 nitrogen and oxygen atoms in total. The van der Waals surface area contributed by atoms with Gasteiger partial charge in [0.05, 0.1) is 12.7 Å². The molecule has 1 aliphatic heterocycles. The summed E-state index contributed by atoms with van der Waals surface area (Å²) in [6.45, 7) is 7.46. The number of aryl methyl sites for hydroxylation is 2. The molecule has 128 valence electrons. The van der Waals surface area contributed by atoms with Crippen molar-refractivity contribution in [2.45, 2.75) is 38.8 Å². The maximum atomic E-state index is 12.5. The van der Waals surface area contributed by atoms with Gasteiger partial charge in [-0.15, -0.1) is 0 Å². The largest absolute Gasteiger partial charge is 0.374 e. The minimum Gasteiger partial charge on any atom is -0.374 e. The Bertz CT molecular complexity index is 763. The van der Waals surface area contributed by atoms with Crippen LogP contribution in [0, 0.1) is 13.8 Å². The van der Waals surface area contributed by atoms with E-state index in [2.05, 4.69) is 35.1 Å². The molecule has 2 heterocycles. The zero-order valence-corrected chi connectivity index (χ0v) is 14.4. The highest BCUT2D eigenvalue weighted by atomic mass is 16.5. The predicted molar refractivity (Wildman–Crippen MR) is 94.4 cm³/mol. The minimum absolute atomic E-state index is 0.0598. The van der Waals surface area contributed by atoms with Gasteiger partial charge in [-0.25, -0.2) is 0 Å². The number of carbonyl (C=O) groups excluding carboxylic acids is 1. The number of carbonyl (C=O) groups is 1. The third-order valence-corrected chi connectivity index (χ3v) is 5.31. The second kappa shape index (κ2) is 6.22. The number of morpholine rings is 1. The molecule has 2 fully saturated rings. The van der Waals surface area contributed by atoms with Crippen molar-refractivity contribution in [3.63, 3.8) is 0 Å². The van der Waals surface area contributed by atoms with Crippen molar-refractivity contribution in [1.82, 2.24) is 15.2 Å². The summed E-state index contributed by atoms with van der Waals surface area (Å²) in [5.41, 5.74) is 4.09. The topological polar surface area (TPSA) is 57.4 Å². The van der Waals surface area contributed by atoms with Crippen LogP contribution in [-0.2, 0) is 4.74 Å². The van der Waals surface area contributed by atoms with Crippen molar-refractivity contribution in [3.8, 4) is 0 Å². The zero-order valence-electron chi connectivity index (χ0n) is 14.4. The van der Waals surface area contributed by atoms with Crippen LogP contribution in [-0.4, -0.2) is 54.2 Å². The molecule has 1 saturated carbocycles. The number of nitrogens with zero attached hydrogens (tertiary/aromatic N) is 1. The van der Waals surface area contributed by atoms with Crippen LogP contribution in [0.25, 0.3) is 10.9 Å². The monoisotopic (exact) mass is 327 g/mol. The maximum absolute atomic E-state index is 12.5. The molecule has 1 aliphatic carbocycles. The Balaban J connectivity index is 1.40. The van der Waals surface area contributed by atoms with E-state index in [1.807, 2.05) is 12.1 Å². The quantitative estimate of drug-likeness (QED) is 0.906. The van der Waals surface area contributed by atoms with E-state index in [9.17, 15) is 4.79 Å². The third kappa shape index (κ3) is 3.06. The summed E-state index contributed by atoms with van der Waals surface area (Å²) in [5.74, 6) is -0.0598. The second-order valence-electron chi connectivity index (χ2n) is 7.08. The van der Waals surface area contributed by atoms with Crippen molar-refractivity contribution >= 4 is 16.8 Å². The van der Waals surface area contributed by atoms with E-state index in [1.165, 1.54) is 24.0 Å². The van der Waals surface area contributed by atoms with Crippen LogP contribution >= 0.6 is 0 Å². The molecule has 1 saturated heterocycles. The number of benzene rings is 1. The molecule has 1 aromatic heterocycles. The summed E-state index contributed by atoms with van der Waals surface area (Å²) in [5, 5.41) is 4.14. The predicted octanol–water partition coefficient (Wildman–Crippen LogP) is 2.38. The van der Waals surface area contributed by atoms with Gasteiger partial charge in [-0.05, 0) is 49.9 Å². The molecule has 1 unspecified atom stereocenters. The van der Waals surface area contributed by atoms with Crippen molar-refractivity contribution in [1.29, 1.82) is 0 Å². The summed E-state index contributed by atoms with van der Waals surface area (Å²) in [6, 6.07) is 6.82. The number of fused-ring (bicyclic) bond motifs is 1. The van der Waals surface area contributed by atoms with E-state index >= 15 is 0 Å². The summed E-state index contributed by atoms with van der Waals surface area (Å²) >= 11 is 0. The average molecular weight is 327 g/mol. The first-order chi connectivity index (χ1) is 11.6. The number of amides is 1. The lowest BCUT2D eigenvalue weighted by atomic mass is 10.1. The lowest BCUT2D eigenvalue weighted by molar-refractivity contribution is -0.0293. The first kappa shape index (κ1) is 15.7. The molecule has 1 aromatic carbocycles. The van der Waals surface area contributed by atoms with Gasteiger partial charge in [-0.3, -0.25) is 9.69 Å². The van der Waals surface area contributed by atoms with Crippen LogP contribution < -0.4 is 5.32 Å². The van der Waals surface area contributed by atoms with Gasteiger partial charge in [0.1, 0.15) is 5.69 Å². The van der Waals surface area contributed by atoms with Crippen LogP contribution in [0.3, 0.4) is 0 Å². The fraction of sp³-hybridized carbons (Fsp3) is 0.526. The Hall–Kier alpha value is -1.85. The van der Waals surface area contributed by atoms with E-state index in [4.69, 9.17) is 4.74 Å². The van der Waals surface area contributed by atoms with Gasteiger partial charge in [0.25, 0.3) is 5.91 Å². The van der Waals surface area contributed by atoms with Crippen molar-refractivity contribution in [2.75, 3.05) is 26.2 Å². The molecule has 4 rings (SSSR count). The zero-order chi connectivity index (χ0) is 16.7. The van der Waals surface area contributed by atoms with Gasteiger partial charge < -0.3 is 15.0 Å². The standard InChI is InChI=1S/C19H25N3O2/c1-12-3-6-17-16(13(12)2)9-18(21-17)19(23)20-10-15-11-22(7-8-24-15)14-4-5-14/h3,6,9,14-15,21H,4-5,7-8,10-11H2,1-2H3,(H,20,23). The van der Waals surface area contributed by atoms with Gasteiger partial charge in [-0.1, -0.05) is 6.07 Å². The first-order valence-electron chi connectivity index (χ1n) is 8.84. The lowest BCUT2D eigenvalue weighted by Crippen LogP contribution is -2.48. The van der Waals surface area contributed by atoms with E-state index in [0.29, 0.717) is 12.2 Å². The Morgan fingerprint density at radius 3 is 3.00 bits per heavy atom. The van der Waals surface area contributed by atoms with Crippen LogP contribution in [0.5, 0.6) is 0 Å². The molecular formula is C19H25N3O2. The Morgan fingerprint density at radius 1 is 1.38 bits per heavy atom. The third-order valence-electron chi connectivity index (χ3n) is 5.31. The molecular weight excluding hydrogens is 302 g/mol. The molecule has 2 N–H and O–H groups in total. The molecule has 0 spiro atoms. The molecule has 1 amide bonds. The molecule has 2 aliphatic rings. The van der Waals surface area contributed by atoms with E-state index in [0.717, 1.165) is 36.6 Å². The van der Waals surface area contributed by atoms with Gasteiger partial charge in [0.15, 0.2) is 0 Å². The number of nitrogens with one attached hydrogen (secondary N) is 2. The normalized spacial score (nSPS) is 22.0. The Kier molecular flexibility index (Phi) is 4.06. The highest BCUT2D eigenvalue weighted by Crippen LogP contribution is 2.28. The number of aromatic amines is 1. The van der Waals surface area contributed by atoms with Crippen LogP contribution in [0.1, 0.15) is 34.5 Å². The van der Waals surface area contributed by atoms with E-state index in [1.54, 1.807) is 0 Å². The summed E-state index contributed by atoms with van der Waals surface area (Å²) in [7, 11) is 0. The fourth-order valence-electron chi connectivity index (χ4n) is 3.52. The highest BCUT2D eigenvalue weighted by molar-refractivity contribution is 5.99. The summed E-state index contributed by atoms with van der Waals surface area (Å²) in [6.07, 6.45) is 2.72. The fourth-order valence-corrected chi connectivity index (χ4v) is 3.52. The first-order valence-corrected chi connectivity index (χ1v) is 8.84. The Labute approximate surface area is 142 Å². The van der Waals surface area contributed by atoms with E-state index < -0.39 is 0 Å². The van der Waals surface area contributed by atoms with Gasteiger partial charge in [0.2, 0.25) is 0 Å². The van der Waals surface area contributed by atoms with Crippen LogP contribution in [0.4, 0.5) is 0 Å². The summed E-state index contributed by atoms with van der Waals surface area (Å²) in [4.78, 5) is 18.2.